The Bertz CT molecular complexity index is 382. The van der Waals surface area contributed by atoms with Crippen molar-refractivity contribution in [1.29, 1.82) is 0 Å². The molecule has 17 heavy (non-hydrogen) atoms. The molecule has 0 aliphatic carbocycles. The predicted molar refractivity (Wildman–Crippen MR) is 77.2 cm³/mol. The number of alkyl halides is 2. The Hall–Kier alpha value is 0.0300. The molecular formula is C10H10Br2Cl2O3. The van der Waals surface area contributed by atoms with Gasteiger partial charge in [0, 0.05) is 14.9 Å². The summed E-state index contributed by atoms with van der Waals surface area (Å²) in [6, 6.07) is 5.52. The summed E-state index contributed by atoms with van der Waals surface area (Å²) in [5.41, 5.74) is 1.05. The van der Waals surface area contributed by atoms with E-state index in [1.165, 1.54) is 0 Å². The molecule has 0 heterocycles. The van der Waals surface area contributed by atoms with Crippen molar-refractivity contribution in [3.8, 4) is 0 Å². The highest BCUT2D eigenvalue weighted by molar-refractivity contribution is 9.12. The standard InChI is InChI=1S/C9H8Br2Cl2.CH2O3/c1-5(10)9(11)7-3-2-6(12)4-8(7)13;2-1(3)4/h2-5,9H,1H3;(H2,2,3,4). The number of benzene rings is 1. The topological polar surface area (TPSA) is 57.5 Å². The number of carboxylic acid groups (broad SMARTS) is 2. The first kappa shape index (κ1) is 17.0. The summed E-state index contributed by atoms with van der Waals surface area (Å²) >= 11 is 18.9. The maximum atomic E-state index is 8.56. The van der Waals surface area contributed by atoms with Crippen LogP contribution in [-0.2, 0) is 0 Å². The molecule has 0 spiro atoms. The summed E-state index contributed by atoms with van der Waals surface area (Å²) in [4.78, 5) is 9.09. The van der Waals surface area contributed by atoms with Gasteiger partial charge in [-0.25, -0.2) is 4.79 Å². The molecule has 2 atom stereocenters. The minimum atomic E-state index is -1.83. The van der Waals surface area contributed by atoms with Crippen LogP contribution in [0.1, 0.15) is 17.3 Å². The van der Waals surface area contributed by atoms with Gasteiger partial charge in [0.25, 0.3) is 0 Å². The van der Waals surface area contributed by atoms with E-state index in [1.807, 2.05) is 12.1 Å². The lowest BCUT2D eigenvalue weighted by Gasteiger charge is -2.14. The van der Waals surface area contributed by atoms with Crippen LogP contribution in [0.15, 0.2) is 18.2 Å². The van der Waals surface area contributed by atoms with E-state index < -0.39 is 6.16 Å². The van der Waals surface area contributed by atoms with Crippen LogP contribution in [-0.4, -0.2) is 21.2 Å². The zero-order valence-corrected chi connectivity index (χ0v) is 13.4. The van der Waals surface area contributed by atoms with E-state index in [9.17, 15) is 0 Å². The fourth-order valence-corrected chi connectivity index (χ4v) is 2.31. The van der Waals surface area contributed by atoms with Gasteiger partial charge in [0.1, 0.15) is 0 Å². The van der Waals surface area contributed by atoms with Crippen molar-refractivity contribution in [3.05, 3.63) is 33.8 Å². The van der Waals surface area contributed by atoms with Crippen LogP contribution in [0, 0.1) is 0 Å². The lowest BCUT2D eigenvalue weighted by Crippen LogP contribution is -2.01. The average Bonchev–Trinajstić information content (AvgIpc) is 2.15. The molecule has 0 aliphatic heterocycles. The fourth-order valence-electron chi connectivity index (χ4n) is 0.973. The molecule has 1 rings (SSSR count). The Morgan fingerprint density at radius 2 is 1.76 bits per heavy atom. The number of hydrogen-bond donors (Lipinski definition) is 2. The van der Waals surface area contributed by atoms with Gasteiger partial charge in [-0.05, 0) is 17.7 Å². The van der Waals surface area contributed by atoms with Gasteiger partial charge in [0.2, 0.25) is 0 Å². The van der Waals surface area contributed by atoms with E-state index in [0.29, 0.717) is 14.9 Å². The van der Waals surface area contributed by atoms with Gasteiger partial charge in [-0.3, -0.25) is 0 Å². The molecule has 0 fully saturated rings. The van der Waals surface area contributed by atoms with Crippen LogP contribution in [0.5, 0.6) is 0 Å². The SMILES string of the molecule is CC(Br)C(Br)c1ccc(Cl)cc1Cl.O=C(O)O. The van der Waals surface area contributed by atoms with Gasteiger partial charge in [0.15, 0.2) is 0 Å². The van der Waals surface area contributed by atoms with Crippen molar-refractivity contribution in [3.63, 3.8) is 0 Å². The quantitative estimate of drug-likeness (QED) is 0.641. The molecule has 0 saturated heterocycles. The molecule has 96 valence electrons. The number of halogens is 4. The smallest absolute Gasteiger partial charge is 0.450 e. The van der Waals surface area contributed by atoms with Gasteiger partial charge in [-0.1, -0.05) is 68.1 Å². The van der Waals surface area contributed by atoms with Gasteiger partial charge < -0.3 is 10.2 Å². The first-order valence-electron chi connectivity index (χ1n) is 4.40. The van der Waals surface area contributed by atoms with E-state index in [-0.39, 0.29) is 4.83 Å². The van der Waals surface area contributed by atoms with Gasteiger partial charge in [-0.2, -0.15) is 0 Å². The van der Waals surface area contributed by atoms with Gasteiger partial charge >= 0.3 is 6.16 Å². The van der Waals surface area contributed by atoms with Crippen molar-refractivity contribution in [2.24, 2.45) is 0 Å². The molecule has 2 N–H and O–H groups in total. The first-order chi connectivity index (χ1) is 7.75. The zero-order valence-electron chi connectivity index (χ0n) is 8.70. The van der Waals surface area contributed by atoms with Crippen molar-refractivity contribution >= 4 is 61.2 Å². The number of rotatable bonds is 2. The molecule has 7 heteroatoms. The molecule has 0 bridgehead atoms. The average molecular weight is 409 g/mol. The summed E-state index contributed by atoms with van der Waals surface area (Å²) < 4.78 is 0. The highest BCUT2D eigenvalue weighted by Gasteiger charge is 2.16. The maximum absolute atomic E-state index is 8.56. The third-order valence-corrected chi connectivity index (χ3v) is 4.75. The second-order valence-electron chi connectivity index (χ2n) is 3.03. The van der Waals surface area contributed by atoms with Crippen LogP contribution in [0.3, 0.4) is 0 Å². The molecule has 2 unspecified atom stereocenters. The summed E-state index contributed by atoms with van der Waals surface area (Å²) in [5, 5.41) is 15.3. The highest BCUT2D eigenvalue weighted by Crippen LogP contribution is 2.36. The van der Waals surface area contributed by atoms with Gasteiger partial charge in [-0.15, -0.1) is 0 Å². The Morgan fingerprint density at radius 3 is 2.12 bits per heavy atom. The maximum Gasteiger partial charge on any atom is 0.503 e. The van der Waals surface area contributed by atoms with E-state index in [2.05, 4.69) is 38.8 Å². The van der Waals surface area contributed by atoms with Crippen LogP contribution >= 0.6 is 55.1 Å². The Labute approximate surface area is 126 Å². The lowest BCUT2D eigenvalue weighted by atomic mass is 10.1. The first-order valence-corrected chi connectivity index (χ1v) is 6.99. The van der Waals surface area contributed by atoms with E-state index in [0.717, 1.165) is 5.56 Å². The summed E-state index contributed by atoms with van der Waals surface area (Å²) in [7, 11) is 0. The van der Waals surface area contributed by atoms with Crippen LogP contribution in [0.25, 0.3) is 0 Å². The molecule has 1 aromatic carbocycles. The zero-order chi connectivity index (χ0) is 13.6. The monoisotopic (exact) mass is 406 g/mol. The lowest BCUT2D eigenvalue weighted by molar-refractivity contribution is 0.137. The Balaban J connectivity index is 0.000000557. The molecule has 1 aromatic rings. The normalized spacial score (nSPS) is 13.2. The van der Waals surface area contributed by atoms with Crippen LogP contribution in [0.2, 0.25) is 10.0 Å². The molecular weight excluding hydrogens is 399 g/mol. The molecule has 0 saturated carbocycles. The molecule has 3 nitrogen and oxygen atoms in total. The van der Waals surface area contributed by atoms with Crippen LogP contribution < -0.4 is 0 Å². The highest BCUT2D eigenvalue weighted by atomic mass is 79.9. The molecule has 0 aliphatic rings. The second-order valence-corrected chi connectivity index (χ2v) is 6.30. The number of carbonyl (C=O) groups is 1. The van der Waals surface area contributed by atoms with Crippen LogP contribution in [0.4, 0.5) is 4.79 Å². The molecule has 0 amide bonds. The molecule has 0 radical (unpaired) electrons. The van der Waals surface area contributed by atoms with E-state index in [4.69, 9.17) is 38.2 Å². The summed E-state index contributed by atoms with van der Waals surface area (Å²) in [6.45, 7) is 2.06. The minimum absolute atomic E-state index is 0.206. The van der Waals surface area contributed by atoms with E-state index in [1.54, 1.807) is 6.07 Å². The fraction of sp³-hybridized carbons (Fsp3) is 0.300. The van der Waals surface area contributed by atoms with Crippen molar-refractivity contribution in [2.75, 3.05) is 0 Å². The summed E-state index contributed by atoms with van der Waals surface area (Å²) in [6.07, 6.45) is -1.83. The summed E-state index contributed by atoms with van der Waals surface area (Å²) in [5.74, 6) is 0. The third kappa shape index (κ3) is 7.13. The van der Waals surface area contributed by atoms with Crippen molar-refractivity contribution in [2.45, 2.75) is 16.6 Å². The third-order valence-electron chi connectivity index (χ3n) is 1.66. The molecule has 0 aromatic heterocycles. The number of hydrogen-bond acceptors (Lipinski definition) is 1. The van der Waals surface area contributed by atoms with Crippen molar-refractivity contribution < 1.29 is 15.0 Å². The van der Waals surface area contributed by atoms with E-state index >= 15 is 0 Å². The largest absolute Gasteiger partial charge is 0.503 e. The van der Waals surface area contributed by atoms with Gasteiger partial charge in [0.05, 0.1) is 4.83 Å². The van der Waals surface area contributed by atoms with Crippen molar-refractivity contribution in [1.82, 2.24) is 0 Å². The Morgan fingerprint density at radius 1 is 1.29 bits per heavy atom. The Kier molecular flexibility index (Phi) is 8.20. The minimum Gasteiger partial charge on any atom is -0.450 e. The predicted octanol–water partition coefficient (Wildman–Crippen LogP) is 5.44. The second kappa shape index (κ2) is 8.19.